The van der Waals surface area contributed by atoms with Crippen LogP contribution in [0.2, 0.25) is 0 Å². The van der Waals surface area contributed by atoms with Gasteiger partial charge in [0.2, 0.25) is 5.91 Å². The molecule has 4 N–H and O–H groups in total. The molecule has 1 amide bonds. The number of nitrogens with two attached hydrogens (primary N) is 1. The van der Waals surface area contributed by atoms with Gasteiger partial charge < -0.3 is 20.8 Å². The van der Waals surface area contributed by atoms with E-state index in [0.717, 1.165) is 24.2 Å². The average molecular weight is 272 g/mol. The standard InChI is InChI=1S/C12H20N2O5/c13-9-5-3-1-2-4-8(9)12(19)14(6-10(15)16)7-11(17)18/h8-9H,1-7,13H2,(H,15,16)(H,17,18). The molecular formula is C12H20N2O5. The van der Waals surface area contributed by atoms with E-state index in [1.165, 1.54) is 0 Å². The van der Waals surface area contributed by atoms with Gasteiger partial charge in [-0.2, -0.15) is 0 Å². The lowest BCUT2D eigenvalue weighted by Crippen LogP contribution is -2.47. The molecule has 0 aliphatic heterocycles. The molecule has 1 saturated carbocycles. The first-order valence-corrected chi connectivity index (χ1v) is 6.39. The Hall–Kier alpha value is -1.63. The van der Waals surface area contributed by atoms with Crippen molar-refractivity contribution >= 4 is 17.8 Å². The quantitative estimate of drug-likeness (QED) is 0.600. The van der Waals surface area contributed by atoms with Crippen molar-refractivity contribution in [3.8, 4) is 0 Å². The van der Waals surface area contributed by atoms with Crippen LogP contribution in [0.1, 0.15) is 32.1 Å². The lowest BCUT2D eigenvalue weighted by Gasteiger charge is -2.27. The van der Waals surface area contributed by atoms with Crippen LogP contribution in [-0.2, 0) is 14.4 Å². The number of amides is 1. The minimum absolute atomic E-state index is 0.319. The summed E-state index contributed by atoms with van der Waals surface area (Å²) in [6, 6.07) is -0.319. The number of aliphatic carboxylic acids is 2. The Morgan fingerprint density at radius 2 is 1.53 bits per heavy atom. The fourth-order valence-electron chi connectivity index (χ4n) is 2.42. The number of carbonyl (C=O) groups is 3. The molecule has 1 aliphatic carbocycles. The molecule has 0 radical (unpaired) electrons. The highest BCUT2D eigenvalue weighted by atomic mass is 16.4. The Morgan fingerprint density at radius 1 is 1.00 bits per heavy atom. The maximum atomic E-state index is 12.3. The Labute approximate surface area is 111 Å². The predicted octanol–water partition coefficient (Wildman–Crippen LogP) is -0.108. The van der Waals surface area contributed by atoms with Crippen LogP contribution in [0, 0.1) is 5.92 Å². The second kappa shape index (κ2) is 7.08. The third kappa shape index (κ3) is 4.86. The van der Waals surface area contributed by atoms with Crippen molar-refractivity contribution in [1.82, 2.24) is 4.90 Å². The maximum absolute atomic E-state index is 12.3. The number of carboxylic acids is 2. The van der Waals surface area contributed by atoms with Gasteiger partial charge in [-0.15, -0.1) is 0 Å². The molecule has 0 heterocycles. The van der Waals surface area contributed by atoms with Crippen molar-refractivity contribution in [2.75, 3.05) is 13.1 Å². The van der Waals surface area contributed by atoms with E-state index in [1.807, 2.05) is 0 Å². The molecule has 1 aliphatic rings. The SMILES string of the molecule is NC1CCCCCC1C(=O)N(CC(=O)O)CC(=O)O. The first kappa shape index (κ1) is 15.4. The first-order chi connectivity index (χ1) is 8.91. The molecule has 0 aromatic rings. The zero-order valence-electron chi connectivity index (χ0n) is 10.7. The molecule has 1 fully saturated rings. The molecular weight excluding hydrogens is 252 g/mol. The number of nitrogens with zero attached hydrogens (tertiary/aromatic N) is 1. The van der Waals surface area contributed by atoms with E-state index < -0.39 is 36.9 Å². The molecule has 2 atom stereocenters. The van der Waals surface area contributed by atoms with Crippen molar-refractivity contribution < 1.29 is 24.6 Å². The maximum Gasteiger partial charge on any atom is 0.323 e. The Bertz CT molecular complexity index is 342. The van der Waals surface area contributed by atoms with Crippen molar-refractivity contribution in [1.29, 1.82) is 0 Å². The summed E-state index contributed by atoms with van der Waals surface area (Å²) >= 11 is 0. The van der Waals surface area contributed by atoms with Crippen LogP contribution in [0.5, 0.6) is 0 Å². The van der Waals surface area contributed by atoms with E-state index in [0.29, 0.717) is 12.8 Å². The van der Waals surface area contributed by atoms with E-state index >= 15 is 0 Å². The van der Waals surface area contributed by atoms with Crippen molar-refractivity contribution in [3.05, 3.63) is 0 Å². The zero-order chi connectivity index (χ0) is 14.4. The van der Waals surface area contributed by atoms with Crippen LogP contribution in [0.25, 0.3) is 0 Å². The third-order valence-corrected chi connectivity index (χ3v) is 3.35. The van der Waals surface area contributed by atoms with Crippen molar-refractivity contribution in [2.24, 2.45) is 11.7 Å². The third-order valence-electron chi connectivity index (χ3n) is 3.35. The minimum atomic E-state index is -1.23. The van der Waals surface area contributed by atoms with Gasteiger partial charge in [0.05, 0.1) is 5.92 Å². The van der Waals surface area contributed by atoms with Gasteiger partial charge >= 0.3 is 11.9 Å². The van der Waals surface area contributed by atoms with Crippen LogP contribution in [0.15, 0.2) is 0 Å². The highest BCUT2D eigenvalue weighted by molar-refractivity contribution is 5.86. The number of hydrogen-bond acceptors (Lipinski definition) is 4. The van der Waals surface area contributed by atoms with Gasteiger partial charge in [-0.1, -0.05) is 19.3 Å². The van der Waals surface area contributed by atoms with Gasteiger partial charge in [0, 0.05) is 6.04 Å². The summed E-state index contributed by atoms with van der Waals surface area (Å²) in [6.45, 7) is -1.21. The molecule has 7 nitrogen and oxygen atoms in total. The lowest BCUT2D eigenvalue weighted by molar-refractivity contribution is -0.151. The molecule has 0 spiro atoms. The van der Waals surface area contributed by atoms with Crippen LogP contribution >= 0.6 is 0 Å². The molecule has 0 aromatic carbocycles. The van der Waals surface area contributed by atoms with E-state index in [2.05, 4.69) is 0 Å². The molecule has 108 valence electrons. The summed E-state index contributed by atoms with van der Waals surface area (Å²) in [5.74, 6) is -3.38. The normalized spacial score (nSPS) is 23.4. The van der Waals surface area contributed by atoms with Gasteiger partial charge in [-0.25, -0.2) is 0 Å². The highest BCUT2D eigenvalue weighted by Gasteiger charge is 2.32. The molecule has 2 unspecified atom stereocenters. The van der Waals surface area contributed by atoms with Crippen molar-refractivity contribution in [2.45, 2.75) is 38.1 Å². The molecule has 0 saturated heterocycles. The fourth-order valence-corrected chi connectivity index (χ4v) is 2.42. The zero-order valence-corrected chi connectivity index (χ0v) is 10.7. The van der Waals surface area contributed by atoms with Gasteiger partial charge in [-0.05, 0) is 12.8 Å². The van der Waals surface area contributed by atoms with E-state index in [-0.39, 0.29) is 6.04 Å². The van der Waals surface area contributed by atoms with Crippen LogP contribution in [0.4, 0.5) is 0 Å². The lowest BCUT2D eigenvalue weighted by atomic mass is 9.94. The van der Waals surface area contributed by atoms with E-state index in [9.17, 15) is 14.4 Å². The molecule has 19 heavy (non-hydrogen) atoms. The summed E-state index contributed by atoms with van der Waals surface area (Å²) in [7, 11) is 0. The van der Waals surface area contributed by atoms with E-state index in [1.54, 1.807) is 0 Å². The van der Waals surface area contributed by atoms with Gasteiger partial charge in [0.15, 0.2) is 0 Å². The minimum Gasteiger partial charge on any atom is -0.480 e. The fraction of sp³-hybridized carbons (Fsp3) is 0.750. The van der Waals surface area contributed by atoms with Gasteiger partial charge in [-0.3, -0.25) is 14.4 Å². The van der Waals surface area contributed by atoms with Crippen LogP contribution in [0.3, 0.4) is 0 Å². The predicted molar refractivity (Wildman–Crippen MR) is 66.4 cm³/mol. The van der Waals surface area contributed by atoms with Crippen LogP contribution in [-0.4, -0.2) is 52.1 Å². The number of hydrogen-bond donors (Lipinski definition) is 3. The Kier molecular flexibility index (Phi) is 5.75. The first-order valence-electron chi connectivity index (χ1n) is 6.39. The summed E-state index contributed by atoms with van der Waals surface area (Å²) < 4.78 is 0. The number of carbonyl (C=O) groups excluding carboxylic acids is 1. The smallest absolute Gasteiger partial charge is 0.323 e. The largest absolute Gasteiger partial charge is 0.480 e. The summed E-state index contributed by atoms with van der Waals surface area (Å²) in [5, 5.41) is 17.5. The Morgan fingerprint density at radius 3 is 2.05 bits per heavy atom. The van der Waals surface area contributed by atoms with Gasteiger partial charge in [0.1, 0.15) is 13.1 Å². The Balaban J connectivity index is 2.77. The monoisotopic (exact) mass is 272 g/mol. The molecule has 1 rings (SSSR count). The topological polar surface area (TPSA) is 121 Å². The highest BCUT2D eigenvalue weighted by Crippen LogP contribution is 2.24. The summed E-state index contributed by atoms with van der Waals surface area (Å²) in [6.07, 6.45) is 4.11. The second-order valence-electron chi connectivity index (χ2n) is 4.89. The van der Waals surface area contributed by atoms with Gasteiger partial charge in [0.25, 0.3) is 0 Å². The summed E-state index contributed by atoms with van der Waals surface area (Å²) in [5.41, 5.74) is 5.94. The van der Waals surface area contributed by atoms with Crippen molar-refractivity contribution in [3.63, 3.8) is 0 Å². The number of carboxylic acid groups (broad SMARTS) is 2. The average Bonchev–Trinajstić information content (AvgIpc) is 2.51. The van der Waals surface area contributed by atoms with E-state index in [4.69, 9.17) is 15.9 Å². The molecule has 0 bridgehead atoms. The molecule has 7 heteroatoms. The van der Waals surface area contributed by atoms with Crippen LogP contribution < -0.4 is 5.73 Å². The number of rotatable bonds is 5. The molecule has 0 aromatic heterocycles. The summed E-state index contributed by atoms with van der Waals surface area (Å²) in [4.78, 5) is 34.5. The second-order valence-corrected chi connectivity index (χ2v) is 4.89.